The first-order valence-corrected chi connectivity index (χ1v) is 7.36. The second-order valence-corrected chi connectivity index (χ2v) is 5.78. The van der Waals surface area contributed by atoms with Gasteiger partial charge in [-0.05, 0) is 17.7 Å². The van der Waals surface area contributed by atoms with E-state index in [9.17, 15) is 13.2 Å². The average molecular weight is 292 g/mol. The first-order chi connectivity index (χ1) is 9.46. The molecule has 0 unspecified atom stereocenters. The van der Waals surface area contributed by atoms with Crippen LogP contribution >= 0.6 is 0 Å². The van der Waals surface area contributed by atoms with Gasteiger partial charge in [-0.25, -0.2) is 18.2 Å². The van der Waals surface area contributed by atoms with Crippen molar-refractivity contribution >= 4 is 21.8 Å². The molecule has 20 heavy (non-hydrogen) atoms. The monoisotopic (exact) mass is 292 g/mol. The highest BCUT2D eigenvalue weighted by Gasteiger charge is 2.13. The van der Waals surface area contributed by atoms with Crippen molar-refractivity contribution in [2.75, 3.05) is 4.72 Å². The number of aromatic nitrogens is 1. The predicted molar refractivity (Wildman–Crippen MR) is 73.9 cm³/mol. The minimum Gasteiger partial charge on any atom is -0.477 e. The first kappa shape index (κ1) is 14.0. The molecule has 0 amide bonds. The molecule has 0 aliphatic rings. The molecule has 2 aromatic rings. The number of sulfonamides is 1. The quantitative estimate of drug-likeness (QED) is 0.874. The summed E-state index contributed by atoms with van der Waals surface area (Å²) in [7, 11) is -3.64. The molecule has 2 N–H and O–H groups in total. The zero-order valence-corrected chi connectivity index (χ0v) is 11.2. The number of carbonyl (C=O) groups is 1. The molecule has 0 saturated heterocycles. The Hall–Kier alpha value is -2.41. The van der Waals surface area contributed by atoms with Crippen LogP contribution in [0.15, 0.2) is 48.5 Å². The number of pyridine rings is 1. The Morgan fingerprint density at radius 2 is 1.80 bits per heavy atom. The molecule has 0 saturated carbocycles. The Bertz CT molecular complexity index is 714. The summed E-state index contributed by atoms with van der Waals surface area (Å²) in [5.74, 6) is -1.43. The van der Waals surface area contributed by atoms with Crippen molar-refractivity contribution in [2.24, 2.45) is 0 Å². The van der Waals surface area contributed by atoms with Crippen molar-refractivity contribution in [1.82, 2.24) is 4.98 Å². The number of carboxylic acid groups (broad SMARTS) is 1. The third-order valence-electron chi connectivity index (χ3n) is 2.43. The van der Waals surface area contributed by atoms with Gasteiger partial charge in [-0.1, -0.05) is 36.4 Å². The third kappa shape index (κ3) is 3.79. The Balaban J connectivity index is 2.16. The molecule has 0 spiro atoms. The van der Waals surface area contributed by atoms with Crippen LogP contribution in [0.2, 0.25) is 0 Å². The fraction of sp³-hybridized carbons (Fsp3) is 0.0769. The fourth-order valence-electron chi connectivity index (χ4n) is 1.60. The van der Waals surface area contributed by atoms with Crippen molar-refractivity contribution in [1.29, 1.82) is 0 Å². The minimum absolute atomic E-state index is 0.0131. The summed E-state index contributed by atoms with van der Waals surface area (Å²) in [6.45, 7) is 0. The largest absolute Gasteiger partial charge is 0.477 e. The summed E-state index contributed by atoms with van der Waals surface area (Å²) < 4.78 is 26.2. The lowest BCUT2D eigenvalue weighted by Gasteiger charge is -2.07. The lowest BCUT2D eigenvalue weighted by molar-refractivity contribution is 0.0690. The smallest absolute Gasteiger partial charge is 0.354 e. The molecule has 7 heteroatoms. The summed E-state index contributed by atoms with van der Waals surface area (Å²) in [6, 6.07) is 12.8. The van der Waals surface area contributed by atoms with E-state index in [1.165, 1.54) is 18.2 Å². The lowest BCUT2D eigenvalue weighted by atomic mass is 10.2. The van der Waals surface area contributed by atoms with Gasteiger partial charge in [0.1, 0.15) is 5.82 Å². The van der Waals surface area contributed by atoms with Gasteiger partial charge in [-0.3, -0.25) is 4.72 Å². The van der Waals surface area contributed by atoms with Crippen molar-refractivity contribution in [3.8, 4) is 0 Å². The van der Waals surface area contributed by atoms with Gasteiger partial charge in [-0.15, -0.1) is 0 Å². The minimum atomic E-state index is -3.64. The normalized spacial score (nSPS) is 11.0. The van der Waals surface area contributed by atoms with E-state index in [2.05, 4.69) is 9.71 Å². The van der Waals surface area contributed by atoms with Crippen LogP contribution in [0, 0.1) is 0 Å². The van der Waals surface area contributed by atoms with Crippen LogP contribution in [0.3, 0.4) is 0 Å². The van der Waals surface area contributed by atoms with Crippen molar-refractivity contribution in [2.45, 2.75) is 5.75 Å². The molecule has 1 heterocycles. The Morgan fingerprint density at radius 1 is 1.10 bits per heavy atom. The van der Waals surface area contributed by atoms with Gasteiger partial charge in [0.2, 0.25) is 10.0 Å². The average Bonchev–Trinajstić information content (AvgIpc) is 2.39. The summed E-state index contributed by atoms with van der Waals surface area (Å²) >= 11 is 0. The molecule has 2 rings (SSSR count). The van der Waals surface area contributed by atoms with Crippen molar-refractivity contribution < 1.29 is 18.3 Å². The second kappa shape index (κ2) is 5.70. The van der Waals surface area contributed by atoms with Crippen LogP contribution in [0.25, 0.3) is 0 Å². The molecule has 0 radical (unpaired) electrons. The zero-order valence-electron chi connectivity index (χ0n) is 10.4. The lowest BCUT2D eigenvalue weighted by Crippen LogP contribution is -2.16. The predicted octanol–water partition coefficient (Wildman–Crippen LogP) is 1.72. The number of hydrogen-bond acceptors (Lipinski definition) is 4. The van der Waals surface area contributed by atoms with Crippen LogP contribution < -0.4 is 4.72 Å². The van der Waals surface area contributed by atoms with Gasteiger partial charge < -0.3 is 5.11 Å². The standard InChI is InChI=1S/C13H12N2O4S/c16-13(17)11-7-4-8-12(14-11)15-20(18,19)9-10-5-2-1-3-6-10/h1-8H,9H2,(H,14,15)(H,16,17). The first-order valence-electron chi connectivity index (χ1n) is 5.71. The third-order valence-corrected chi connectivity index (χ3v) is 3.66. The number of anilines is 1. The van der Waals surface area contributed by atoms with Crippen molar-refractivity contribution in [3.05, 3.63) is 59.8 Å². The van der Waals surface area contributed by atoms with E-state index >= 15 is 0 Å². The summed E-state index contributed by atoms with van der Waals surface area (Å²) in [6.07, 6.45) is 0. The maximum absolute atomic E-state index is 12.0. The molecular formula is C13H12N2O4S. The summed E-state index contributed by atoms with van der Waals surface area (Å²) in [5.41, 5.74) is 0.416. The highest BCUT2D eigenvalue weighted by atomic mass is 32.2. The number of hydrogen-bond donors (Lipinski definition) is 2. The van der Waals surface area contributed by atoms with Gasteiger partial charge in [0.15, 0.2) is 5.69 Å². The maximum Gasteiger partial charge on any atom is 0.354 e. The number of carboxylic acids is 1. The van der Waals surface area contributed by atoms with Gasteiger partial charge in [0, 0.05) is 0 Å². The van der Waals surface area contributed by atoms with Gasteiger partial charge >= 0.3 is 5.97 Å². The molecule has 1 aromatic heterocycles. The highest BCUT2D eigenvalue weighted by molar-refractivity contribution is 7.91. The number of nitrogens with zero attached hydrogens (tertiary/aromatic N) is 1. The number of nitrogens with one attached hydrogen (secondary N) is 1. The molecule has 0 fully saturated rings. The van der Waals surface area contributed by atoms with Crippen LogP contribution in [0.1, 0.15) is 16.1 Å². The van der Waals surface area contributed by atoms with Gasteiger partial charge in [-0.2, -0.15) is 0 Å². The molecule has 0 aliphatic heterocycles. The highest BCUT2D eigenvalue weighted by Crippen LogP contribution is 2.11. The Morgan fingerprint density at radius 3 is 2.45 bits per heavy atom. The fourth-order valence-corrected chi connectivity index (χ4v) is 2.74. The number of rotatable bonds is 5. The molecule has 6 nitrogen and oxygen atoms in total. The summed E-state index contributed by atoms with van der Waals surface area (Å²) in [4.78, 5) is 14.5. The van der Waals surface area contributed by atoms with Gasteiger partial charge in [0.05, 0.1) is 5.75 Å². The van der Waals surface area contributed by atoms with Gasteiger partial charge in [0.25, 0.3) is 0 Å². The van der Waals surface area contributed by atoms with Crippen LogP contribution in [-0.2, 0) is 15.8 Å². The molecular weight excluding hydrogens is 280 g/mol. The van der Waals surface area contributed by atoms with Crippen LogP contribution in [0.4, 0.5) is 5.82 Å². The maximum atomic E-state index is 12.0. The van der Waals surface area contributed by atoms with Crippen molar-refractivity contribution in [3.63, 3.8) is 0 Å². The molecule has 0 atom stereocenters. The molecule has 1 aromatic carbocycles. The number of aromatic carboxylic acids is 1. The van der Waals surface area contributed by atoms with Crippen LogP contribution in [-0.4, -0.2) is 24.5 Å². The number of benzene rings is 1. The Kier molecular flexibility index (Phi) is 3.99. The Labute approximate surface area is 116 Å². The topological polar surface area (TPSA) is 96.4 Å². The van der Waals surface area contributed by atoms with E-state index in [1.807, 2.05) is 0 Å². The molecule has 104 valence electrons. The SMILES string of the molecule is O=C(O)c1cccc(NS(=O)(=O)Cc2ccccc2)n1. The van der Waals surface area contributed by atoms with E-state index in [0.717, 1.165) is 0 Å². The van der Waals surface area contributed by atoms with E-state index in [0.29, 0.717) is 5.56 Å². The van der Waals surface area contributed by atoms with E-state index in [4.69, 9.17) is 5.11 Å². The van der Waals surface area contributed by atoms with E-state index in [-0.39, 0.29) is 17.3 Å². The summed E-state index contributed by atoms with van der Waals surface area (Å²) in [5, 5.41) is 8.80. The van der Waals surface area contributed by atoms with Crippen LogP contribution in [0.5, 0.6) is 0 Å². The molecule has 0 aliphatic carbocycles. The second-order valence-electron chi connectivity index (χ2n) is 4.06. The van der Waals surface area contributed by atoms with E-state index < -0.39 is 16.0 Å². The van der Waals surface area contributed by atoms with E-state index in [1.54, 1.807) is 30.3 Å². The molecule has 0 bridgehead atoms. The zero-order chi connectivity index (χ0) is 14.6.